The maximum absolute atomic E-state index is 11.3. The lowest BCUT2D eigenvalue weighted by molar-refractivity contribution is -0.118. The van der Waals surface area contributed by atoms with Crippen molar-refractivity contribution in [1.29, 1.82) is 0 Å². The van der Waals surface area contributed by atoms with Crippen molar-refractivity contribution >= 4 is 17.4 Å². The van der Waals surface area contributed by atoms with Gasteiger partial charge in [0.25, 0.3) is 0 Å². The molecule has 88 valence electrons. The Balaban J connectivity index is 2.64. The zero-order valence-electron chi connectivity index (χ0n) is 10.2. The normalized spacial score (nSPS) is 11.5. The molecule has 0 aliphatic carbocycles. The van der Waals surface area contributed by atoms with E-state index in [0.29, 0.717) is 6.42 Å². The number of alkyl halides is 1. The summed E-state index contributed by atoms with van der Waals surface area (Å²) in [6.45, 7) is 6.29. The SMILES string of the molecule is Cc1ccc(CC(C)(C)CC(=O)CCl)cc1. The quantitative estimate of drug-likeness (QED) is 0.714. The molecule has 0 unspecified atom stereocenters. The number of carbonyl (C=O) groups is 1. The topological polar surface area (TPSA) is 17.1 Å². The van der Waals surface area contributed by atoms with Crippen molar-refractivity contribution in [3.63, 3.8) is 0 Å². The molecule has 0 heterocycles. The van der Waals surface area contributed by atoms with Crippen molar-refractivity contribution in [2.45, 2.75) is 33.6 Å². The molecule has 0 atom stereocenters. The first kappa shape index (κ1) is 13.2. The van der Waals surface area contributed by atoms with E-state index in [4.69, 9.17) is 11.6 Å². The van der Waals surface area contributed by atoms with E-state index in [-0.39, 0.29) is 17.1 Å². The Kier molecular flexibility index (Phi) is 4.55. The number of rotatable bonds is 5. The zero-order valence-corrected chi connectivity index (χ0v) is 11.0. The third-order valence-electron chi connectivity index (χ3n) is 2.63. The maximum atomic E-state index is 11.3. The second-order valence-electron chi connectivity index (χ2n) is 5.18. The first-order valence-corrected chi connectivity index (χ1v) is 6.10. The Labute approximate surface area is 103 Å². The van der Waals surface area contributed by atoms with Gasteiger partial charge in [-0.2, -0.15) is 0 Å². The highest BCUT2D eigenvalue weighted by Crippen LogP contribution is 2.26. The molecule has 1 aromatic carbocycles. The standard InChI is InChI=1S/C14H19ClO/c1-11-4-6-12(7-5-11)8-14(2,3)9-13(16)10-15/h4-7H,8-10H2,1-3H3. The van der Waals surface area contributed by atoms with Crippen LogP contribution in [0.2, 0.25) is 0 Å². The largest absolute Gasteiger partial charge is 0.298 e. The summed E-state index contributed by atoms with van der Waals surface area (Å²) in [4.78, 5) is 11.3. The van der Waals surface area contributed by atoms with Crippen LogP contribution in [0.5, 0.6) is 0 Å². The van der Waals surface area contributed by atoms with Gasteiger partial charge in [0.15, 0.2) is 0 Å². The average molecular weight is 239 g/mol. The fourth-order valence-corrected chi connectivity index (χ4v) is 2.00. The van der Waals surface area contributed by atoms with E-state index in [1.54, 1.807) is 0 Å². The molecule has 0 amide bonds. The lowest BCUT2D eigenvalue weighted by atomic mass is 9.81. The number of benzene rings is 1. The van der Waals surface area contributed by atoms with E-state index < -0.39 is 0 Å². The minimum absolute atomic E-state index is 0.0127. The summed E-state index contributed by atoms with van der Waals surface area (Å²) in [5.41, 5.74) is 2.53. The van der Waals surface area contributed by atoms with Gasteiger partial charge in [-0.3, -0.25) is 4.79 Å². The van der Waals surface area contributed by atoms with Crippen LogP contribution in [0.3, 0.4) is 0 Å². The smallest absolute Gasteiger partial charge is 0.148 e. The first-order chi connectivity index (χ1) is 7.43. The van der Waals surface area contributed by atoms with E-state index in [0.717, 1.165) is 6.42 Å². The zero-order chi connectivity index (χ0) is 12.2. The van der Waals surface area contributed by atoms with Gasteiger partial charge in [0.1, 0.15) is 5.78 Å². The predicted molar refractivity (Wildman–Crippen MR) is 69.0 cm³/mol. The molecule has 0 spiro atoms. The minimum atomic E-state index is -0.0127. The molecule has 0 saturated carbocycles. The van der Waals surface area contributed by atoms with Crippen LogP contribution in [0.1, 0.15) is 31.4 Å². The molecule has 1 rings (SSSR count). The summed E-state index contributed by atoms with van der Waals surface area (Å²) in [5, 5.41) is 0. The van der Waals surface area contributed by atoms with Gasteiger partial charge < -0.3 is 0 Å². The summed E-state index contributed by atoms with van der Waals surface area (Å²) in [6.07, 6.45) is 1.46. The molecule has 0 saturated heterocycles. The van der Waals surface area contributed by atoms with Gasteiger partial charge in [-0.25, -0.2) is 0 Å². The van der Waals surface area contributed by atoms with Crippen molar-refractivity contribution in [2.24, 2.45) is 5.41 Å². The van der Waals surface area contributed by atoms with Crippen LogP contribution in [0.4, 0.5) is 0 Å². The number of aryl methyl sites for hydroxylation is 1. The molecule has 1 nitrogen and oxygen atoms in total. The van der Waals surface area contributed by atoms with Crippen LogP contribution in [0.15, 0.2) is 24.3 Å². The summed E-state index contributed by atoms with van der Waals surface area (Å²) in [6, 6.07) is 8.47. The molecular formula is C14H19ClO. The third kappa shape index (κ3) is 4.36. The average Bonchev–Trinajstić information content (AvgIpc) is 2.20. The van der Waals surface area contributed by atoms with Crippen LogP contribution in [0, 0.1) is 12.3 Å². The number of halogens is 1. The highest BCUT2D eigenvalue weighted by molar-refractivity contribution is 6.27. The minimum Gasteiger partial charge on any atom is -0.298 e. The monoisotopic (exact) mass is 238 g/mol. The number of hydrogen-bond donors (Lipinski definition) is 0. The van der Waals surface area contributed by atoms with Crippen molar-refractivity contribution in [1.82, 2.24) is 0 Å². The molecule has 0 radical (unpaired) electrons. The molecule has 0 aromatic heterocycles. The number of hydrogen-bond acceptors (Lipinski definition) is 1. The van der Waals surface area contributed by atoms with Gasteiger partial charge >= 0.3 is 0 Å². The third-order valence-corrected chi connectivity index (χ3v) is 2.93. The van der Waals surface area contributed by atoms with Gasteiger partial charge in [-0.15, -0.1) is 11.6 Å². The lowest BCUT2D eigenvalue weighted by Gasteiger charge is -2.23. The van der Waals surface area contributed by atoms with Gasteiger partial charge in [-0.05, 0) is 24.3 Å². The molecule has 2 heteroatoms. The van der Waals surface area contributed by atoms with Gasteiger partial charge in [0.05, 0.1) is 5.88 Å². The molecule has 0 bridgehead atoms. The highest BCUT2D eigenvalue weighted by Gasteiger charge is 2.21. The number of carbonyl (C=O) groups excluding carboxylic acids is 1. The summed E-state index contributed by atoms with van der Waals surface area (Å²) >= 11 is 5.53. The Morgan fingerprint density at radius 2 is 1.81 bits per heavy atom. The molecule has 0 N–H and O–H groups in total. The number of Topliss-reactive ketones (excluding diaryl/α,β-unsaturated/α-hetero) is 1. The second kappa shape index (κ2) is 5.49. The summed E-state index contributed by atoms with van der Waals surface area (Å²) < 4.78 is 0. The fraction of sp³-hybridized carbons (Fsp3) is 0.500. The first-order valence-electron chi connectivity index (χ1n) is 5.56. The highest BCUT2D eigenvalue weighted by atomic mass is 35.5. The van der Waals surface area contributed by atoms with E-state index in [2.05, 4.69) is 45.0 Å². The lowest BCUT2D eigenvalue weighted by Crippen LogP contribution is -2.20. The number of ketones is 1. The fourth-order valence-electron chi connectivity index (χ4n) is 1.90. The Morgan fingerprint density at radius 1 is 1.25 bits per heavy atom. The van der Waals surface area contributed by atoms with Gasteiger partial charge in [0.2, 0.25) is 0 Å². The summed E-state index contributed by atoms with van der Waals surface area (Å²) in [5.74, 6) is 0.246. The van der Waals surface area contributed by atoms with Crippen LogP contribution < -0.4 is 0 Å². The van der Waals surface area contributed by atoms with Crippen molar-refractivity contribution in [3.8, 4) is 0 Å². The van der Waals surface area contributed by atoms with E-state index >= 15 is 0 Å². The van der Waals surface area contributed by atoms with E-state index in [1.807, 2.05) is 0 Å². The summed E-state index contributed by atoms with van der Waals surface area (Å²) in [7, 11) is 0. The van der Waals surface area contributed by atoms with Crippen molar-refractivity contribution < 1.29 is 4.79 Å². The Hall–Kier alpha value is -0.820. The Bertz CT molecular complexity index is 352. The van der Waals surface area contributed by atoms with Crippen LogP contribution >= 0.6 is 11.6 Å². The predicted octanol–water partition coefficient (Wildman–Crippen LogP) is 3.76. The van der Waals surface area contributed by atoms with Crippen LogP contribution in [-0.2, 0) is 11.2 Å². The van der Waals surface area contributed by atoms with Gasteiger partial charge in [-0.1, -0.05) is 43.7 Å². The van der Waals surface area contributed by atoms with E-state index in [1.165, 1.54) is 11.1 Å². The van der Waals surface area contributed by atoms with Gasteiger partial charge in [0, 0.05) is 6.42 Å². The van der Waals surface area contributed by atoms with Crippen molar-refractivity contribution in [3.05, 3.63) is 35.4 Å². The van der Waals surface area contributed by atoms with Crippen LogP contribution in [-0.4, -0.2) is 11.7 Å². The van der Waals surface area contributed by atoms with Crippen LogP contribution in [0.25, 0.3) is 0 Å². The Morgan fingerprint density at radius 3 is 2.31 bits per heavy atom. The molecule has 16 heavy (non-hydrogen) atoms. The molecule has 0 aliphatic rings. The van der Waals surface area contributed by atoms with Crippen molar-refractivity contribution in [2.75, 3.05) is 5.88 Å². The maximum Gasteiger partial charge on any atom is 0.148 e. The second-order valence-corrected chi connectivity index (χ2v) is 5.44. The molecule has 0 aliphatic heterocycles. The molecule has 1 aromatic rings. The van der Waals surface area contributed by atoms with E-state index in [9.17, 15) is 4.79 Å². The molecule has 0 fully saturated rings. The molecular weight excluding hydrogens is 220 g/mol.